The highest BCUT2D eigenvalue weighted by molar-refractivity contribution is 6.09. The van der Waals surface area contributed by atoms with E-state index < -0.39 is 0 Å². The number of aromatic nitrogens is 1. The first-order chi connectivity index (χ1) is 23.8. The van der Waals surface area contributed by atoms with Crippen LogP contribution in [0.15, 0.2) is 91.0 Å². The number of benzene rings is 4. The number of nitrogens with two attached hydrogens (primary N) is 1. The number of rotatable bonds is 14. The number of fused-ring (bicyclic) bond motifs is 4. The van der Waals surface area contributed by atoms with E-state index in [1.165, 1.54) is 28.2 Å². The van der Waals surface area contributed by atoms with Gasteiger partial charge in [-0.15, -0.1) is 0 Å². The standard InChI is InChI=1S/C42H49N3O4/c1-5-6-7-14-25-42(2,26-15-22-40(43)46)39-28-36(44-33-19-11-8-16-30(33)31-17-9-12-20-34(31)44)32-18-10-13-21-35(32)45(39)41(47)29-23-24-37(48-3)38(27-29)49-4/h8-13,16-21,23-24,27,36,39H,5-7,14-15,22,25-26,28H2,1-4H3,(H2,43,46). The minimum absolute atomic E-state index is 0.0217. The van der Waals surface area contributed by atoms with E-state index in [2.05, 4.69) is 90.0 Å². The lowest BCUT2D eigenvalue weighted by molar-refractivity contribution is -0.118. The van der Waals surface area contributed by atoms with Crippen LogP contribution >= 0.6 is 0 Å². The predicted octanol–water partition coefficient (Wildman–Crippen LogP) is 9.45. The number of hydrogen-bond donors (Lipinski definition) is 1. The molecule has 2 N–H and O–H groups in total. The number of para-hydroxylation sites is 3. The average molecular weight is 660 g/mol. The van der Waals surface area contributed by atoms with Gasteiger partial charge >= 0.3 is 0 Å². The summed E-state index contributed by atoms with van der Waals surface area (Å²) in [6, 6.07) is 30.9. The summed E-state index contributed by atoms with van der Waals surface area (Å²) < 4.78 is 13.6. The topological polar surface area (TPSA) is 86.8 Å². The highest BCUT2D eigenvalue weighted by Crippen LogP contribution is 2.51. The number of carbonyl (C=O) groups excluding carboxylic acids is 2. The van der Waals surface area contributed by atoms with Crippen LogP contribution in [0.1, 0.15) is 93.6 Å². The third-order valence-corrected chi connectivity index (χ3v) is 10.7. The van der Waals surface area contributed by atoms with Gasteiger partial charge in [0, 0.05) is 45.5 Å². The lowest BCUT2D eigenvalue weighted by Gasteiger charge is -2.50. The van der Waals surface area contributed by atoms with E-state index in [1.807, 2.05) is 12.1 Å². The monoisotopic (exact) mass is 659 g/mol. The van der Waals surface area contributed by atoms with Crippen molar-refractivity contribution in [3.63, 3.8) is 0 Å². The van der Waals surface area contributed by atoms with Crippen molar-refractivity contribution < 1.29 is 19.1 Å². The molecule has 7 nitrogen and oxygen atoms in total. The molecule has 5 aromatic rings. The smallest absolute Gasteiger partial charge is 0.258 e. The zero-order chi connectivity index (χ0) is 34.5. The van der Waals surface area contributed by atoms with Crippen molar-refractivity contribution in [2.24, 2.45) is 11.1 Å². The molecule has 0 spiro atoms. The molecule has 0 fully saturated rings. The maximum Gasteiger partial charge on any atom is 0.258 e. The Balaban J connectivity index is 1.56. The minimum atomic E-state index is -0.292. The van der Waals surface area contributed by atoms with Gasteiger partial charge in [0.05, 0.1) is 20.3 Å². The van der Waals surface area contributed by atoms with Crippen molar-refractivity contribution in [3.8, 4) is 11.5 Å². The number of unbranched alkanes of at least 4 members (excludes halogenated alkanes) is 3. The van der Waals surface area contributed by atoms with Gasteiger partial charge in [0.1, 0.15) is 0 Å². The van der Waals surface area contributed by atoms with Crippen LogP contribution in [0.5, 0.6) is 11.5 Å². The van der Waals surface area contributed by atoms with Gasteiger partial charge in [-0.3, -0.25) is 9.59 Å². The molecule has 0 saturated carbocycles. The number of anilines is 1. The molecule has 0 radical (unpaired) electrons. The number of ether oxygens (including phenoxy) is 2. The Morgan fingerprint density at radius 1 is 0.796 bits per heavy atom. The maximum atomic E-state index is 15.0. The summed E-state index contributed by atoms with van der Waals surface area (Å²) in [7, 11) is 3.19. The normalized spacial score (nSPS) is 17.1. The summed E-state index contributed by atoms with van der Waals surface area (Å²) in [4.78, 5) is 29.1. The molecular formula is C42H49N3O4. The average Bonchev–Trinajstić information content (AvgIpc) is 3.46. The summed E-state index contributed by atoms with van der Waals surface area (Å²) in [5.74, 6) is 0.730. The fourth-order valence-corrected chi connectivity index (χ4v) is 8.17. The largest absolute Gasteiger partial charge is 0.493 e. The van der Waals surface area contributed by atoms with Crippen molar-refractivity contribution in [1.29, 1.82) is 0 Å². The summed E-state index contributed by atoms with van der Waals surface area (Å²) in [5.41, 5.74) is 10.3. The van der Waals surface area contributed by atoms with Crippen LogP contribution in [0.25, 0.3) is 21.8 Å². The van der Waals surface area contributed by atoms with E-state index in [9.17, 15) is 4.79 Å². The van der Waals surface area contributed by atoms with Gasteiger partial charge in [-0.25, -0.2) is 0 Å². The lowest BCUT2D eigenvalue weighted by atomic mass is 9.69. The van der Waals surface area contributed by atoms with Gasteiger partial charge in [-0.05, 0) is 73.1 Å². The minimum Gasteiger partial charge on any atom is -0.493 e. The van der Waals surface area contributed by atoms with Crippen LogP contribution in [0.4, 0.5) is 5.69 Å². The lowest BCUT2D eigenvalue weighted by Crippen LogP contribution is -2.53. The Kier molecular flexibility index (Phi) is 10.3. The van der Waals surface area contributed by atoms with E-state index in [4.69, 9.17) is 15.2 Å². The predicted molar refractivity (Wildman–Crippen MR) is 199 cm³/mol. The van der Waals surface area contributed by atoms with E-state index in [-0.39, 0.29) is 29.3 Å². The first kappa shape index (κ1) is 34.1. The van der Waals surface area contributed by atoms with Crippen molar-refractivity contribution >= 4 is 39.3 Å². The molecule has 6 rings (SSSR count). The molecule has 3 unspecified atom stereocenters. The molecule has 2 heterocycles. The SMILES string of the molecule is CCCCCCC(C)(CCCC(N)=O)C1CC(n2c3ccccc3c3ccccc32)c2ccccc2N1C(=O)c1ccc(OC)c(OC)c1. The van der Waals surface area contributed by atoms with Crippen molar-refractivity contribution in [1.82, 2.24) is 4.57 Å². The van der Waals surface area contributed by atoms with Crippen LogP contribution in [0.3, 0.4) is 0 Å². The molecule has 1 aromatic heterocycles. The Morgan fingerprint density at radius 2 is 1.43 bits per heavy atom. The zero-order valence-corrected chi connectivity index (χ0v) is 29.3. The zero-order valence-electron chi connectivity index (χ0n) is 29.3. The van der Waals surface area contributed by atoms with E-state index in [1.54, 1.807) is 26.4 Å². The molecule has 1 aliphatic rings. The highest BCUT2D eigenvalue weighted by atomic mass is 16.5. The van der Waals surface area contributed by atoms with Gasteiger partial charge < -0.3 is 24.7 Å². The number of nitrogens with zero attached hydrogens (tertiary/aromatic N) is 2. The van der Waals surface area contributed by atoms with Crippen LogP contribution in [-0.2, 0) is 4.79 Å². The number of primary amides is 1. The van der Waals surface area contributed by atoms with Crippen LogP contribution in [0, 0.1) is 5.41 Å². The van der Waals surface area contributed by atoms with Crippen molar-refractivity contribution in [2.75, 3.05) is 19.1 Å². The van der Waals surface area contributed by atoms with Gasteiger partial charge in [-0.2, -0.15) is 0 Å². The Bertz CT molecular complexity index is 1890. The quantitative estimate of drug-likeness (QED) is 0.120. The fraction of sp³-hybridized carbons (Fsp3) is 0.381. The second kappa shape index (κ2) is 14.8. The Morgan fingerprint density at radius 3 is 2.08 bits per heavy atom. The number of hydrogen-bond acceptors (Lipinski definition) is 4. The molecule has 256 valence electrons. The van der Waals surface area contributed by atoms with Crippen LogP contribution in [0.2, 0.25) is 0 Å². The van der Waals surface area contributed by atoms with Gasteiger partial charge in [0.25, 0.3) is 5.91 Å². The Hall–Kier alpha value is -4.78. The van der Waals surface area contributed by atoms with Gasteiger partial charge in [0.2, 0.25) is 5.91 Å². The third-order valence-electron chi connectivity index (χ3n) is 10.7. The number of amides is 2. The molecule has 7 heteroatoms. The van der Waals surface area contributed by atoms with Crippen LogP contribution < -0.4 is 20.1 Å². The van der Waals surface area contributed by atoms with E-state index in [0.29, 0.717) is 29.9 Å². The fourth-order valence-electron chi connectivity index (χ4n) is 8.17. The van der Waals surface area contributed by atoms with Gasteiger partial charge in [-0.1, -0.05) is 94.1 Å². The van der Waals surface area contributed by atoms with Crippen molar-refractivity contribution in [2.45, 2.75) is 83.7 Å². The number of methoxy groups -OCH3 is 2. The summed E-state index contributed by atoms with van der Waals surface area (Å²) in [5, 5.41) is 2.44. The maximum absolute atomic E-state index is 15.0. The molecule has 1 aliphatic heterocycles. The second-order valence-corrected chi connectivity index (χ2v) is 13.8. The summed E-state index contributed by atoms with van der Waals surface area (Å²) >= 11 is 0. The first-order valence-corrected chi connectivity index (χ1v) is 17.7. The van der Waals surface area contributed by atoms with E-state index in [0.717, 1.165) is 49.8 Å². The molecule has 3 atom stereocenters. The first-order valence-electron chi connectivity index (χ1n) is 17.7. The molecule has 49 heavy (non-hydrogen) atoms. The Labute approximate surface area is 290 Å². The number of carbonyl (C=O) groups is 2. The second-order valence-electron chi connectivity index (χ2n) is 13.8. The third kappa shape index (κ3) is 6.63. The molecule has 0 bridgehead atoms. The summed E-state index contributed by atoms with van der Waals surface area (Å²) in [6.07, 6.45) is 7.95. The summed E-state index contributed by atoms with van der Waals surface area (Å²) in [6.45, 7) is 4.56. The molecule has 2 amide bonds. The molecule has 0 saturated heterocycles. The molecule has 4 aromatic carbocycles. The van der Waals surface area contributed by atoms with Crippen LogP contribution in [-0.4, -0.2) is 36.6 Å². The molecular weight excluding hydrogens is 610 g/mol. The van der Waals surface area contributed by atoms with E-state index >= 15 is 4.79 Å². The van der Waals surface area contributed by atoms with Gasteiger partial charge in [0.15, 0.2) is 11.5 Å². The highest BCUT2D eigenvalue weighted by Gasteiger charge is 2.46. The van der Waals surface area contributed by atoms with Crippen molar-refractivity contribution in [3.05, 3.63) is 102 Å². The molecule has 0 aliphatic carbocycles.